The van der Waals surface area contributed by atoms with E-state index in [4.69, 9.17) is 13.9 Å². The maximum atomic E-state index is 12.8. The van der Waals surface area contributed by atoms with Gasteiger partial charge in [-0.2, -0.15) is 4.98 Å². The Kier molecular flexibility index (Phi) is 7.37. The van der Waals surface area contributed by atoms with Crippen molar-refractivity contribution in [3.63, 3.8) is 0 Å². The van der Waals surface area contributed by atoms with Crippen molar-refractivity contribution in [1.29, 1.82) is 0 Å². The second-order valence-corrected chi connectivity index (χ2v) is 8.49. The Morgan fingerprint density at radius 2 is 2.03 bits per heavy atom. The predicted octanol–water partition coefficient (Wildman–Crippen LogP) is 3.10. The zero-order valence-electron chi connectivity index (χ0n) is 16.8. The maximum Gasteiger partial charge on any atom is 0.262 e. The molecule has 0 amide bonds. The van der Waals surface area contributed by atoms with E-state index < -0.39 is 10.0 Å². The quantitative estimate of drug-likeness (QED) is 0.520. The highest BCUT2D eigenvalue weighted by molar-refractivity contribution is 7.92. The number of nitrogens with zero attached hydrogens (tertiary/aromatic N) is 2. The minimum atomic E-state index is -3.84. The van der Waals surface area contributed by atoms with Crippen LogP contribution >= 0.6 is 12.4 Å². The van der Waals surface area contributed by atoms with E-state index in [1.165, 1.54) is 25.6 Å². The van der Waals surface area contributed by atoms with E-state index in [1.807, 2.05) is 0 Å². The number of methoxy groups -OCH3 is 1. The number of aromatic nitrogens is 2. The van der Waals surface area contributed by atoms with Crippen molar-refractivity contribution >= 4 is 28.1 Å². The molecule has 1 atom stereocenters. The van der Waals surface area contributed by atoms with Gasteiger partial charge in [0.05, 0.1) is 18.2 Å². The molecular formula is C20H23ClN4O5S. The lowest BCUT2D eigenvalue weighted by Gasteiger charge is -2.14. The molecular weight excluding hydrogens is 444 g/mol. The highest BCUT2D eigenvalue weighted by atomic mass is 35.5. The molecule has 11 heteroatoms. The topological polar surface area (TPSA) is 116 Å². The van der Waals surface area contributed by atoms with Gasteiger partial charge < -0.3 is 19.2 Å². The fraction of sp³-hybridized carbons (Fsp3) is 0.300. The van der Waals surface area contributed by atoms with Crippen LogP contribution in [0.1, 0.15) is 12.8 Å². The van der Waals surface area contributed by atoms with E-state index in [2.05, 4.69) is 20.0 Å². The number of nitrogens with one attached hydrogen (secondary N) is 2. The van der Waals surface area contributed by atoms with Crippen LogP contribution in [0.3, 0.4) is 0 Å². The maximum absolute atomic E-state index is 12.8. The van der Waals surface area contributed by atoms with Crippen molar-refractivity contribution in [3.05, 3.63) is 49.0 Å². The second kappa shape index (κ2) is 9.99. The first-order valence-electron chi connectivity index (χ1n) is 9.48. The van der Waals surface area contributed by atoms with Gasteiger partial charge in [0.1, 0.15) is 12.3 Å². The number of ether oxygens (including phenoxy) is 2. The van der Waals surface area contributed by atoms with Crippen LogP contribution in [0, 0.1) is 0 Å². The van der Waals surface area contributed by atoms with Crippen molar-refractivity contribution in [1.82, 2.24) is 15.3 Å². The Morgan fingerprint density at radius 3 is 2.68 bits per heavy atom. The number of benzene rings is 1. The molecule has 0 radical (unpaired) electrons. The molecule has 0 saturated carbocycles. The standard InChI is InChI=1S/C20H22N4O5S.ClH/c1-27-20-17(8-9-19(23-20)28-12-15-3-2-10-22-15)24-30(25,26)16-6-4-14(5-7-16)18-11-21-13-29-18;/h4-9,11,13,15,22,24H,2-3,10,12H2,1H3;1H/t15-;/m1./s1. The van der Waals surface area contributed by atoms with Crippen molar-refractivity contribution < 1.29 is 22.3 Å². The zero-order chi connectivity index (χ0) is 21.0. The summed E-state index contributed by atoms with van der Waals surface area (Å²) in [4.78, 5) is 8.21. The first-order chi connectivity index (χ1) is 14.5. The van der Waals surface area contributed by atoms with Gasteiger partial charge in [0.25, 0.3) is 10.0 Å². The van der Waals surface area contributed by atoms with Gasteiger partial charge in [-0.15, -0.1) is 12.4 Å². The summed E-state index contributed by atoms with van der Waals surface area (Å²) in [5.41, 5.74) is 0.951. The molecule has 31 heavy (non-hydrogen) atoms. The smallest absolute Gasteiger partial charge is 0.262 e. The SMILES string of the molecule is COc1nc(OC[C@H]2CCCN2)ccc1NS(=O)(=O)c1ccc(-c2cnco2)cc1.Cl. The Hall–Kier alpha value is -2.82. The number of hydrogen-bond donors (Lipinski definition) is 2. The number of sulfonamides is 1. The monoisotopic (exact) mass is 466 g/mol. The molecule has 0 unspecified atom stereocenters. The fourth-order valence-electron chi connectivity index (χ4n) is 3.18. The van der Waals surface area contributed by atoms with Crippen molar-refractivity contribution in [2.45, 2.75) is 23.8 Å². The largest absolute Gasteiger partial charge is 0.479 e. The van der Waals surface area contributed by atoms with Gasteiger partial charge in [-0.25, -0.2) is 13.4 Å². The molecule has 3 aromatic rings. The number of halogens is 1. The van der Waals surface area contributed by atoms with Gasteiger partial charge in [0.15, 0.2) is 12.2 Å². The number of oxazole rings is 1. The Morgan fingerprint density at radius 1 is 1.23 bits per heavy atom. The third-order valence-corrected chi connectivity index (χ3v) is 6.13. The van der Waals surface area contributed by atoms with Crippen LogP contribution in [0.15, 0.2) is 58.3 Å². The first kappa shape index (κ1) is 22.9. The highest BCUT2D eigenvalue weighted by Crippen LogP contribution is 2.28. The molecule has 1 aliphatic heterocycles. The van der Waals surface area contributed by atoms with Crippen molar-refractivity contribution in [2.24, 2.45) is 0 Å². The normalized spacial score (nSPS) is 15.8. The Balaban J connectivity index is 0.00000272. The highest BCUT2D eigenvalue weighted by Gasteiger charge is 2.19. The fourth-order valence-corrected chi connectivity index (χ4v) is 4.24. The van der Waals surface area contributed by atoms with Crippen molar-refractivity contribution in [2.75, 3.05) is 25.0 Å². The van der Waals surface area contributed by atoms with Crippen LogP contribution in [0.4, 0.5) is 5.69 Å². The van der Waals surface area contributed by atoms with Crippen LogP contribution in [0.5, 0.6) is 11.8 Å². The lowest BCUT2D eigenvalue weighted by Crippen LogP contribution is -2.28. The molecule has 0 spiro atoms. The summed E-state index contributed by atoms with van der Waals surface area (Å²) in [6.45, 7) is 1.49. The second-order valence-electron chi connectivity index (χ2n) is 6.81. The molecule has 1 aromatic carbocycles. The van der Waals surface area contributed by atoms with Crippen LogP contribution in [0.25, 0.3) is 11.3 Å². The van der Waals surface area contributed by atoms with Crippen LogP contribution < -0.4 is 19.5 Å². The Labute approximate surface area is 186 Å². The average molecular weight is 467 g/mol. The van der Waals surface area contributed by atoms with Gasteiger partial charge in [-0.3, -0.25) is 4.72 Å². The molecule has 3 heterocycles. The minimum absolute atomic E-state index is 0. The van der Waals surface area contributed by atoms with E-state index in [9.17, 15) is 8.42 Å². The van der Waals surface area contributed by atoms with Gasteiger partial charge in [-0.1, -0.05) is 0 Å². The van der Waals surface area contributed by atoms with Gasteiger partial charge >= 0.3 is 0 Å². The van der Waals surface area contributed by atoms with Gasteiger partial charge in [-0.05, 0) is 49.7 Å². The molecule has 0 aliphatic carbocycles. The summed E-state index contributed by atoms with van der Waals surface area (Å²) in [6, 6.07) is 9.78. The van der Waals surface area contributed by atoms with E-state index in [-0.39, 0.29) is 28.9 Å². The predicted molar refractivity (Wildman–Crippen MR) is 117 cm³/mol. The number of rotatable bonds is 8. The lowest BCUT2D eigenvalue weighted by molar-refractivity contribution is 0.263. The number of pyridine rings is 1. The molecule has 1 aliphatic rings. The molecule has 166 valence electrons. The van der Waals surface area contributed by atoms with Crippen molar-refractivity contribution in [3.8, 4) is 23.1 Å². The third kappa shape index (κ3) is 5.46. The summed E-state index contributed by atoms with van der Waals surface area (Å²) in [5.74, 6) is 1.06. The van der Waals surface area contributed by atoms with E-state index in [0.29, 0.717) is 24.3 Å². The molecule has 2 aromatic heterocycles. The van der Waals surface area contributed by atoms with Crippen LogP contribution in [-0.4, -0.2) is 44.7 Å². The first-order valence-corrected chi connectivity index (χ1v) is 11.0. The summed E-state index contributed by atoms with van der Waals surface area (Å²) >= 11 is 0. The summed E-state index contributed by atoms with van der Waals surface area (Å²) in [5, 5.41) is 3.34. The van der Waals surface area contributed by atoms with Crippen LogP contribution in [-0.2, 0) is 10.0 Å². The molecule has 9 nitrogen and oxygen atoms in total. The molecule has 1 saturated heterocycles. The molecule has 1 fully saturated rings. The van der Waals surface area contributed by atoms with E-state index in [0.717, 1.165) is 24.9 Å². The minimum Gasteiger partial charge on any atom is -0.479 e. The third-order valence-electron chi connectivity index (χ3n) is 4.75. The zero-order valence-corrected chi connectivity index (χ0v) is 18.4. The molecule has 0 bridgehead atoms. The summed E-state index contributed by atoms with van der Waals surface area (Å²) in [7, 11) is -2.41. The van der Waals surface area contributed by atoms with Gasteiger partial charge in [0, 0.05) is 17.7 Å². The van der Waals surface area contributed by atoms with E-state index in [1.54, 1.807) is 30.5 Å². The van der Waals surface area contributed by atoms with E-state index >= 15 is 0 Å². The summed E-state index contributed by atoms with van der Waals surface area (Å²) in [6.07, 6.45) is 5.07. The number of anilines is 1. The Bertz CT molecular complexity index is 1090. The van der Waals surface area contributed by atoms with Crippen LogP contribution in [0.2, 0.25) is 0 Å². The molecule has 2 N–H and O–H groups in total. The lowest BCUT2D eigenvalue weighted by atomic mass is 10.2. The van der Waals surface area contributed by atoms with Gasteiger partial charge in [0.2, 0.25) is 11.8 Å². The average Bonchev–Trinajstić information content (AvgIpc) is 3.47. The molecule has 4 rings (SSSR count). The summed E-state index contributed by atoms with van der Waals surface area (Å²) < 4.78 is 44.3. The number of hydrogen-bond acceptors (Lipinski definition) is 8.